The van der Waals surface area contributed by atoms with Crippen LogP contribution in [0.25, 0.3) is 11.1 Å². The zero-order valence-corrected chi connectivity index (χ0v) is 24.4. The van der Waals surface area contributed by atoms with E-state index in [4.69, 9.17) is 43.0 Å². The van der Waals surface area contributed by atoms with Gasteiger partial charge in [0.15, 0.2) is 0 Å². The van der Waals surface area contributed by atoms with E-state index in [1.807, 2.05) is 61.5 Å². The van der Waals surface area contributed by atoms with Crippen molar-refractivity contribution in [1.29, 1.82) is 0 Å². The van der Waals surface area contributed by atoms with Crippen molar-refractivity contribution < 1.29 is 50.9 Å². The lowest BCUT2D eigenvalue weighted by Crippen LogP contribution is -2.31. The summed E-state index contributed by atoms with van der Waals surface area (Å²) in [6.07, 6.45) is -6.59. The van der Waals surface area contributed by atoms with E-state index in [-0.39, 0.29) is 5.91 Å². The Hall–Kier alpha value is -4.08. The van der Waals surface area contributed by atoms with Crippen LogP contribution in [0.4, 0.5) is 32.0 Å². The number of hydrogen-bond acceptors (Lipinski definition) is 6. The fourth-order valence-electron chi connectivity index (χ4n) is 2.86. The molecule has 0 unspecified atom stereocenters. The lowest BCUT2D eigenvalue weighted by molar-refractivity contribution is -0.193. The standard InChI is InChI=1S/C23H24Cl2N4O.2C2HF3O2/c1-29(2)10-9-27-23(30)18-6-4-17(5-7-18)19-12-20(15-26-14-19)28-13-16-3-8-21(24)22(25)11-16;2*3-2(4,5)1(6)7/h3-8,11-12,14-15,28H,9-10,13H2,1-2H3,(H,27,30);2*(H,6,7). The van der Waals surface area contributed by atoms with E-state index >= 15 is 0 Å². The number of pyridine rings is 1. The Morgan fingerprint density at radius 3 is 1.84 bits per heavy atom. The second-order valence-electron chi connectivity index (χ2n) is 8.81. The number of nitrogens with zero attached hydrogens (tertiary/aromatic N) is 2. The first kappa shape index (κ1) is 37.9. The van der Waals surface area contributed by atoms with Gasteiger partial charge in [0.1, 0.15) is 0 Å². The molecule has 0 spiro atoms. The largest absolute Gasteiger partial charge is 0.490 e. The molecule has 2 aromatic carbocycles. The molecular formula is C27H26Cl2F6N4O5. The third-order valence-corrected chi connectivity index (χ3v) is 5.77. The number of rotatable bonds is 8. The van der Waals surface area contributed by atoms with E-state index in [1.165, 1.54) is 0 Å². The number of hydrogen-bond donors (Lipinski definition) is 4. The van der Waals surface area contributed by atoms with Crippen LogP contribution in [0.5, 0.6) is 0 Å². The number of alkyl halides is 6. The molecule has 3 rings (SSSR count). The van der Waals surface area contributed by atoms with Crippen molar-refractivity contribution in [1.82, 2.24) is 15.2 Å². The van der Waals surface area contributed by atoms with E-state index in [1.54, 1.807) is 18.5 Å². The van der Waals surface area contributed by atoms with Gasteiger partial charge >= 0.3 is 24.3 Å². The van der Waals surface area contributed by atoms with Gasteiger partial charge in [-0.05, 0) is 55.6 Å². The Labute approximate surface area is 257 Å². The van der Waals surface area contributed by atoms with Crippen molar-refractivity contribution in [2.24, 2.45) is 0 Å². The summed E-state index contributed by atoms with van der Waals surface area (Å²) in [4.78, 5) is 36.4. The predicted molar refractivity (Wildman–Crippen MR) is 152 cm³/mol. The summed E-state index contributed by atoms with van der Waals surface area (Å²) >= 11 is 12.0. The zero-order chi connectivity index (χ0) is 33.7. The molecule has 0 aliphatic carbocycles. The zero-order valence-electron chi connectivity index (χ0n) is 22.9. The van der Waals surface area contributed by atoms with Gasteiger partial charge in [0, 0.05) is 43.2 Å². The third kappa shape index (κ3) is 14.4. The highest BCUT2D eigenvalue weighted by Gasteiger charge is 2.38. The quantitative estimate of drug-likeness (QED) is 0.208. The number of amides is 1. The van der Waals surface area contributed by atoms with Crippen LogP contribution in [0.3, 0.4) is 0 Å². The Kier molecular flexibility index (Phi) is 14.9. The van der Waals surface area contributed by atoms with Crippen LogP contribution in [0.1, 0.15) is 15.9 Å². The van der Waals surface area contributed by atoms with Crippen molar-refractivity contribution in [2.45, 2.75) is 18.9 Å². The summed E-state index contributed by atoms with van der Waals surface area (Å²) < 4.78 is 63.5. The molecule has 44 heavy (non-hydrogen) atoms. The Balaban J connectivity index is 0.000000574. The first-order valence-electron chi connectivity index (χ1n) is 12.1. The first-order valence-corrected chi connectivity index (χ1v) is 12.8. The van der Waals surface area contributed by atoms with Gasteiger partial charge in [-0.1, -0.05) is 41.4 Å². The lowest BCUT2D eigenvalue weighted by atomic mass is 10.0. The highest BCUT2D eigenvalue weighted by molar-refractivity contribution is 6.42. The van der Waals surface area contributed by atoms with E-state index in [9.17, 15) is 31.1 Å². The number of aliphatic carboxylic acids is 2. The number of aromatic nitrogens is 1. The molecule has 0 fully saturated rings. The summed E-state index contributed by atoms with van der Waals surface area (Å²) in [7, 11) is 3.95. The number of likely N-dealkylation sites (N-methyl/N-ethyl adjacent to an activating group) is 1. The Morgan fingerprint density at radius 2 is 1.36 bits per heavy atom. The first-order chi connectivity index (χ1) is 20.3. The van der Waals surface area contributed by atoms with Crippen molar-refractivity contribution in [3.05, 3.63) is 82.1 Å². The maximum atomic E-state index is 12.2. The second-order valence-corrected chi connectivity index (χ2v) is 9.62. The van der Waals surface area contributed by atoms with Crippen LogP contribution < -0.4 is 10.6 Å². The Bertz CT molecular complexity index is 1380. The number of anilines is 1. The summed E-state index contributed by atoms with van der Waals surface area (Å²) in [5, 5.41) is 21.6. The van der Waals surface area contributed by atoms with E-state index < -0.39 is 24.3 Å². The van der Waals surface area contributed by atoms with Gasteiger partial charge in [-0.25, -0.2) is 9.59 Å². The molecule has 0 atom stereocenters. The molecule has 0 bridgehead atoms. The van der Waals surface area contributed by atoms with Crippen LogP contribution >= 0.6 is 23.2 Å². The fourth-order valence-corrected chi connectivity index (χ4v) is 3.18. The van der Waals surface area contributed by atoms with E-state index in [2.05, 4.69) is 15.6 Å². The number of nitrogens with one attached hydrogen (secondary N) is 2. The van der Waals surface area contributed by atoms with Crippen LogP contribution in [-0.2, 0) is 16.1 Å². The highest BCUT2D eigenvalue weighted by Crippen LogP contribution is 2.25. The summed E-state index contributed by atoms with van der Waals surface area (Å²) in [6, 6.07) is 15.1. The van der Waals surface area contributed by atoms with Gasteiger partial charge in [0.2, 0.25) is 0 Å². The van der Waals surface area contributed by atoms with Crippen LogP contribution in [0, 0.1) is 0 Å². The normalized spacial score (nSPS) is 11.0. The lowest BCUT2D eigenvalue weighted by Gasteiger charge is -2.11. The van der Waals surface area contributed by atoms with Crippen molar-refractivity contribution in [3.8, 4) is 11.1 Å². The number of carboxylic acid groups (broad SMARTS) is 2. The highest BCUT2D eigenvalue weighted by atomic mass is 35.5. The molecule has 0 aliphatic rings. The van der Waals surface area contributed by atoms with Gasteiger partial charge in [-0.15, -0.1) is 0 Å². The topological polar surface area (TPSA) is 132 Å². The monoisotopic (exact) mass is 670 g/mol. The number of benzene rings is 2. The molecule has 1 aromatic heterocycles. The molecule has 0 aliphatic heterocycles. The molecular weight excluding hydrogens is 645 g/mol. The summed E-state index contributed by atoms with van der Waals surface area (Å²) in [5.74, 6) is -5.58. The average molecular weight is 671 g/mol. The number of carbonyl (C=O) groups excluding carboxylic acids is 1. The average Bonchev–Trinajstić information content (AvgIpc) is 2.93. The molecule has 1 heterocycles. The van der Waals surface area contributed by atoms with Crippen LogP contribution in [0.15, 0.2) is 60.9 Å². The van der Waals surface area contributed by atoms with Crippen molar-refractivity contribution in [3.63, 3.8) is 0 Å². The van der Waals surface area contributed by atoms with Gasteiger partial charge in [0.25, 0.3) is 5.91 Å². The van der Waals surface area contributed by atoms with Gasteiger partial charge in [-0.3, -0.25) is 9.78 Å². The molecule has 240 valence electrons. The minimum absolute atomic E-state index is 0.0708. The smallest absolute Gasteiger partial charge is 0.475 e. The molecule has 0 saturated heterocycles. The van der Waals surface area contributed by atoms with Gasteiger partial charge in [0.05, 0.1) is 15.7 Å². The molecule has 17 heteroatoms. The van der Waals surface area contributed by atoms with E-state index in [0.29, 0.717) is 28.7 Å². The van der Waals surface area contributed by atoms with Gasteiger partial charge in [-0.2, -0.15) is 26.3 Å². The minimum atomic E-state index is -5.08. The fraction of sp³-hybridized carbons (Fsp3) is 0.259. The molecule has 1 amide bonds. The van der Waals surface area contributed by atoms with Gasteiger partial charge < -0.3 is 25.7 Å². The van der Waals surface area contributed by atoms with Crippen molar-refractivity contribution in [2.75, 3.05) is 32.5 Å². The molecule has 9 nitrogen and oxygen atoms in total. The Morgan fingerprint density at radius 1 is 0.818 bits per heavy atom. The third-order valence-electron chi connectivity index (χ3n) is 5.03. The van der Waals surface area contributed by atoms with Crippen LogP contribution in [0.2, 0.25) is 10.0 Å². The van der Waals surface area contributed by atoms with E-state index in [0.717, 1.165) is 28.9 Å². The summed E-state index contributed by atoms with van der Waals surface area (Å²) in [6.45, 7) is 2.02. The SMILES string of the molecule is CN(C)CCNC(=O)c1ccc(-c2cncc(NCc3ccc(Cl)c(Cl)c3)c2)cc1.O=C(O)C(F)(F)F.O=C(O)C(F)(F)F. The number of halogens is 8. The maximum absolute atomic E-state index is 12.2. The summed E-state index contributed by atoms with van der Waals surface area (Å²) in [5.41, 5.74) is 4.52. The molecule has 0 radical (unpaired) electrons. The second kappa shape index (κ2) is 17.3. The molecule has 4 N–H and O–H groups in total. The minimum Gasteiger partial charge on any atom is -0.475 e. The maximum Gasteiger partial charge on any atom is 0.490 e. The number of carboxylic acids is 2. The van der Waals surface area contributed by atoms with Crippen LogP contribution in [-0.4, -0.2) is 77.5 Å². The predicted octanol–water partition coefficient (Wildman–Crippen LogP) is 6.23. The molecule has 0 saturated carbocycles. The molecule has 3 aromatic rings. The van der Waals surface area contributed by atoms with Crippen molar-refractivity contribution >= 4 is 46.7 Å². The number of carbonyl (C=O) groups is 3.